The van der Waals surface area contributed by atoms with E-state index in [-0.39, 0.29) is 29.3 Å². The first-order valence-electron chi connectivity index (χ1n) is 11.4. The van der Waals surface area contributed by atoms with E-state index in [2.05, 4.69) is 20.8 Å². The normalized spacial score (nSPS) is 14.0. The lowest BCUT2D eigenvalue weighted by atomic mass is 9.97. The monoisotopic (exact) mass is 493 g/mol. The summed E-state index contributed by atoms with van der Waals surface area (Å²) in [7, 11) is 0. The van der Waals surface area contributed by atoms with Gasteiger partial charge >= 0.3 is 0 Å². The molecule has 3 amide bonds. The van der Waals surface area contributed by atoms with Crippen molar-refractivity contribution in [2.24, 2.45) is 0 Å². The number of thiazole rings is 1. The number of hydrazine groups is 1. The van der Waals surface area contributed by atoms with Crippen molar-refractivity contribution in [3.63, 3.8) is 0 Å². The molecule has 1 saturated heterocycles. The minimum atomic E-state index is -0.506. The number of hydrogen-bond donors (Lipinski definition) is 2. The summed E-state index contributed by atoms with van der Waals surface area (Å²) in [6, 6.07) is 12.2. The molecule has 10 heteroatoms. The topological polar surface area (TPSA) is 114 Å². The highest BCUT2D eigenvalue weighted by molar-refractivity contribution is 7.09. The van der Waals surface area contributed by atoms with E-state index in [1.807, 2.05) is 30.9 Å². The van der Waals surface area contributed by atoms with E-state index >= 15 is 0 Å². The number of nitrogens with zero attached hydrogens (tertiary/aromatic N) is 3. The summed E-state index contributed by atoms with van der Waals surface area (Å²) in [6.45, 7) is 5.16. The maximum atomic E-state index is 12.9. The van der Waals surface area contributed by atoms with Crippen molar-refractivity contribution in [3.05, 3.63) is 76.0 Å². The zero-order valence-corrected chi connectivity index (χ0v) is 20.4. The molecule has 1 aromatic carbocycles. The third-order valence-electron chi connectivity index (χ3n) is 5.55. The lowest BCUT2D eigenvalue weighted by molar-refractivity contribution is 0.0712. The third-order valence-corrected chi connectivity index (χ3v) is 6.55. The number of benzene rings is 1. The predicted octanol–water partition coefficient (Wildman–Crippen LogP) is 3.42. The van der Waals surface area contributed by atoms with E-state index in [0.717, 1.165) is 23.6 Å². The highest BCUT2D eigenvalue weighted by Crippen LogP contribution is 2.31. The van der Waals surface area contributed by atoms with Crippen LogP contribution in [0, 0.1) is 0 Å². The first kappa shape index (κ1) is 24.3. The van der Waals surface area contributed by atoms with Crippen molar-refractivity contribution in [2.45, 2.75) is 38.7 Å². The number of aromatic nitrogens is 2. The van der Waals surface area contributed by atoms with Crippen LogP contribution in [0.1, 0.15) is 68.9 Å². The van der Waals surface area contributed by atoms with Crippen LogP contribution in [0.4, 0.5) is 0 Å². The average molecular weight is 494 g/mol. The van der Waals surface area contributed by atoms with Gasteiger partial charge in [0, 0.05) is 36.1 Å². The predicted molar refractivity (Wildman–Crippen MR) is 131 cm³/mol. The second-order valence-corrected chi connectivity index (χ2v) is 9.34. The first-order chi connectivity index (χ1) is 16.9. The SMILES string of the molecule is CC(C)Oc1ccc(C(=O)N2CCC(c3nc(C(=O)NNC(=O)c4ccccn4)cs3)CC2)cc1. The Morgan fingerprint density at radius 1 is 1.00 bits per heavy atom. The maximum absolute atomic E-state index is 12.9. The Bertz CT molecular complexity index is 1170. The van der Waals surface area contributed by atoms with E-state index in [1.165, 1.54) is 17.5 Å². The number of ether oxygens (including phenoxy) is 1. The Kier molecular flexibility index (Phi) is 7.71. The van der Waals surface area contributed by atoms with E-state index in [0.29, 0.717) is 18.7 Å². The van der Waals surface area contributed by atoms with Gasteiger partial charge in [0.25, 0.3) is 17.7 Å². The van der Waals surface area contributed by atoms with Crippen LogP contribution in [0.25, 0.3) is 0 Å². The number of likely N-dealkylation sites (tertiary alicyclic amines) is 1. The standard InChI is InChI=1S/C25H27N5O4S/c1-16(2)34-19-8-6-18(7-9-19)25(33)30-13-10-17(11-14-30)24-27-21(15-35-24)23(32)29-28-22(31)20-5-3-4-12-26-20/h3-9,12,15-17H,10-11,13-14H2,1-2H3,(H,28,31)(H,29,32). The molecule has 0 bridgehead atoms. The summed E-state index contributed by atoms with van der Waals surface area (Å²) in [6.07, 6.45) is 3.12. The van der Waals surface area contributed by atoms with Gasteiger partial charge in [0.2, 0.25) is 0 Å². The Morgan fingerprint density at radius 2 is 1.69 bits per heavy atom. The van der Waals surface area contributed by atoms with Gasteiger partial charge in [-0.1, -0.05) is 6.07 Å². The molecule has 1 aliphatic rings. The molecule has 0 saturated carbocycles. The molecule has 2 aromatic heterocycles. The van der Waals surface area contributed by atoms with Gasteiger partial charge in [-0.3, -0.25) is 30.2 Å². The minimum absolute atomic E-state index is 0.00222. The quantitative estimate of drug-likeness (QED) is 0.509. The van der Waals surface area contributed by atoms with Crippen LogP contribution in [0.2, 0.25) is 0 Å². The van der Waals surface area contributed by atoms with E-state index in [9.17, 15) is 14.4 Å². The summed E-state index contributed by atoms with van der Waals surface area (Å²) >= 11 is 1.41. The Balaban J connectivity index is 1.27. The molecule has 9 nitrogen and oxygen atoms in total. The highest BCUT2D eigenvalue weighted by atomic mass is 32.1. The molecule has 35 heavy (non-hydrogen) atoms. The summed E-state index contributed by atoms with van der Waals surface area (Å²) in [5.74, 6) is -0.0732. The molecule has 0 aliphatic carbocycles. The Hall–Kier alpha value is -3.79. The average Bonchev–Trinajstić information content (AvgIpc) is 3.38. The van der Waals surface area contributed by atoms with Crippen LogP contribution in [0.5, 0.6) is 5.75 Å². The van der Waals surface area contributed by atoms with Crippen LogP contribution in [0.3, 0.4) is 0 Å². The Labute approximate surface area is 207 Å². The van der Waals surface area contributed by atoms with Gasteiger partial charge in [0.1, 0.15) is 17.1 Å². The molecule has 0 spiro atoms. The number of rotatable bonds is 6. The van der Waals surface area contributed by atoms with E-state index < -0.39 is 11.8 Å². The second kappa shape index (κ2) is 11.1. The highest BCUT2D eigenvalue weighted by Gasteiger charge is 2.27. The molecule has 0 unspecified atom stereocenters. The number of amides is 3. The van der Waals surface area contributed by atoms with Gasteiger partial charge in [-0.15, -0.1) is 11.3 Å². The van der Waals surface area contributed by atoms with Crippen LogP contribution in [-0.2, 0) is 0 Å². The van der Waals surface area contributed by atoms with Crippen molar-refractivity contribution in [2.75, 3.05) is 13.1 Å². The first-order valence-corrected chi connectivity index (χ1v) is 12.3. The van der Waals surface area contributed by atoms with Crippen molar-refractivity contribution >= 4 is 29.1 Å². The zero-order valence-electron chi connectivity index (χ0n) is 19.6. The number of piperidine rings is 1. The fraction of sp³-hybridized carbons (Fsp3) is 0.320. The van der Waals surface area contributed by atoms with E-state index in [4.69, 9.17) is 4.74 Å². The smallest absolute Gasteiger partial charge is 0.289 e. The number of nitrogens with one attached hydrogen (secondary N) is 2. The molecule has 0 radical (unpaired) electrons. The van der Waals surface area contributed by atoms with E-state index in [1.54, 1.807) is 35.7 Å². The zero-order chi connectivity index (χ0) is 24.8. The summed E-state index contributed by atoms with van der Waals surface area (Å²) in [5, 5.41) is 2.53. The van der Waals surface area contributed by atoms with Gasteiger partial charge < -0.3 is 9.64 Å². The Morgan fingerprint density at radius 3 is 2.31 bits per heavy atom. The van der Waals surface area contributed by atoms with Crippen molar-refractivity contribution < 1.29 is 19.1 Å². The minimum Gasteiger partial charge on any atom is -0.491 e. The number of pyridine rings is 1. The second-order valence-electron chi connectivity index (χ2n) is 8.45. The summed E-state index contributed by atoms with van der Waals surface area (Å²) in [5.41, 5.74) is 5.80. The molecule has 4 rings (SSSR count). The number of carbonyl (C=O) groups excluding carboxylic acids is 3. The van der Waals surface area contributed by atoms with Crippen molar-refractivity contribution in [1.29, 1.82) is 0 Å². The number of carbonyl (C=O) groups is 3. The lowest BCUT2D eigenvalue weighted by Gasteiger charge is -2.31. The van der Waals surface area contributed by atoms with Crippen LogP contribution >= 0.6 is 11.3 Å². The van der Waals surface area contributed by atoms with Gasteiger partial charge in [-0.25, -0.2) is 4.98 Å². The fourth-order valence-corrected chi connectivity index (χ4v) is 4.75. The molecule has 3 aromatic rings. The third kappa shape index (κ3) is 6.21. The number of hydrogen-bond acceptors (Lipinski definition) is 7. The van der Waals surface area contributed by atoms with Gasteiger partial charge in [-0.05, 0) is 63.1 Å². The molecular weight excluding hydrogens is 466 g/mol. The maximum Gasteiger partial charge on any atom is 0.289 e. The van der Waals surface area contributed by atoms with Gasteiger partial charge in [0.05, 0.1) is 11.1 Å². The molecule has 3 heterocycles. The largest absolute Gasteiger partial charge is 0.491 e. The summed E-state index contributed by atoms with van der Waals surface area (Å²) in [4.78, 5) is 47.6. The van der Waals surface area contributed by atoms with Crippen molar-refractivity contribution in [3.8, 4) is 5.75 Å². The van der Waals surface area contributed by atoms with Crippen molar-refractivity contribution in [1.82, 2.24) is 25.7 Å². The van der Waals surface area contributed by atoms with Gasteiger partial charge in [-0.2, -0.15) is 0 Å². The molecule has 1 aliphatic heterocycles. The lowest BCUT2D eigenvalue weighted by Crippen LogP contribution is -2.42. The van der Waals surface area contributed by atoms with Crippen LogP contribution in [0.15, 0.2) is 54.0 Å². The fourth-order valence-electron chi connectivity index (χ4n) is 3.78. The van der Waals surface area contributed by atoms with Crippen LogP contribution < -0.4 is 15.6 Å². The molecular formula is C25H27N5O4S. The molecule has 0 atom stereocenters. The molecule has 2 N–H and O–H groups in total. The van der Waals surface area contributed by atoms with Gasteiger partial charge in [0.15, 0.2) is 0 Å². The molecule has 182 valence electrons. The van der Waals surface area contributed by atoms with Crippen LogP contribution in [-0.4, -0.2) is 51.8 Å². The molecule has 1 fully saturated rings. The summed E-state index contributed by atoms with van der Waals surface area (Å²) < 4.78 is 5.64.